The summed E-state index contributed by atoms with van der Waals surface area (Å²) in [7, 11) is 0. The van der Waals surface area contributed by atoms with Crippen LogP contribution in [0.2, 0.25) is 0 Å². The molecule has 2 aromatic heterocycles. The molecule has 0 spiro atoms. The fourth-order valence-corrected chi connectivity index (χ4v) is 2.98. The highest BCUT2D eigenvalue weighted by atomic mass is 16.1. The monoisotopic (exact) mass is 304 g/mol. The number of fused-ring (bicyclic) bond motifs is 2. The van der Waals surface area contributed by atoms with E-state index in [9.17, 15) is 4.79 Å². The molecule has 0 fully saturated rings. The second-order valence-electron chi connectivity index (χ2n) is 5.58. The molecule has 2 heterocycles. The zero-order valence-corrected chi connectivity index (χ0v) is 12.7. The van der Waals surface area contributed by atoms with Crippen molar-refractivity contribution in [3.05, 3.63) is 60.0 Å². The number of rotatable bonds is 3. The molecular formula is C18H16N4O. The third-order valence-electron chi connectivity index (χ3n) is 4.24. The van der Waals surface area contributed by atoms with Crippen molar-refractivity contribution < 1.29 is 4.79 Å². The summed E-state index contributed by atoms with van der Waals surface area (Å²) in [5.74, 6) is -0.442. The number of nitrogens with one attached hydrogen (secondary N) is 1. The van der Waals surface area contributed by atoms with Crippen molar-refractivity contribution >= 4 is 27.8 Å². The summed E-state index contributed by atoms with van der Waals surface area (Å²) in [5.41, 5.74) is 11.0. The number of carbonyl (C=O) groups excluding carboxylic acids is 1. The molecule has 0 bridgehead atoms. The maximum atomic E-state index is 11.3. The molecule has 23 heavy (non-hydrogen) atoms. The van der Waals surface area contributed by atoms with Crippen LogP contribution in [0.25, 0.3) is 27.6 Å². The zero-order valence-electron chi connectivity index (χ0n) is 12.7. The molecule has 4 aromatic rings. The predicted molar refractivity (Wildman–Crippen MR) is 90.8 cm³/mol. The Balaban J connectivity index is 1.90. The molecular weight excluding hydrogens is 288 g/mol. The minimum Gasteiger partial charge on any atom is -0.366 e. The Bertz CT molecular complexity index is 1040. The van der Waals surface area contributed by atoms with E-state index in [1.54, 1.807) is 18.5 Å². The van der Waals surface area contributed by atoms with Gasteiger partial charge >= 0.3 is 0 Å². The molecule has 0 aliphatic heterocycles. The van der Waals surface area contributed by atoms with E-state index in [0.717, 1.165) is 28.7 Å². The van der Waals surface area contributed by atoms with Crippen LogP contribution in [0.3, 0.4) is 0 Å². The van der Waals surface area contributed by atoms with Crippen LogP contribution in [0, 0.1) is 0 Å². The normalized spacial score (nSPS) is 11.3. The fourth-order valence-electron chi connectivity index (χ4n) is 2.98. The Kier molecular flexibility index (Phi) is 2.94. The van der Waals surface area contributed by atoms with E-state index in [1.165, 1.54) is 10.9 Å². The van der Waals surface area contributed by atoms with E-state index in [2.05, 4.69) is 41.3 Å². The highest BCUT2D eigenvalue weighted by Crippen LogP contribution is 2.25. The summed E-state index contributed by atoms with van der Waals surface area (Å²) in [5, 5.41) is 1.22. The van der Waals surface area contributed by atoms with E-state index in [0.29, 0.717) is 5.56 Å². The molecule has 0 unspecified atom stereocenters. The number of aromatic amines is 1. The Labute approximate surface area is 132 Å². The summed E-state index contributed by atoms with van der Waals surface area (Å²) in [4.78, 5) is 19.0. The van der Waals surface area contributed by atoms with Crippen LogP contribution in [0.4, 0.5) is 0 Å². The van der Waals surface area contributed by atoms with Gasteiger partial charge in [0.25, 0.3) is 0 Å². The number of primary amides is 1. The molecule has 5 nitrogen and oxygen atoms in total. The summed E-state index contributed by atoms with van der Waals surface area (Å²) in [6.45, 7) is 2.15. The number of imidazole rings is 1. The molecule has 1 amide bonds. The van der Waals surface area contributed by atoms with Gasteiger partial charge in [0, 0.05) is 28.4 Å². The third-order valence-corrected chi connectivity index (χ3v) is 4.24. The predicted octanol–water partition coefficient (Wildman–Crippen LogP) is 3.17. The first-order chi connectivity index (χ1) is 11.2. The standard InChI is InChI=1S/C18H16N4O/c1-2-11-9-20-15-5-4-13(8-14(11)15)22-10-21-16-7-12(18(19)23)3-6-17(16)22/h3-10,20H,2H2,1H3,(H2,19,23). The van der Waals surface area contributed by atoms with E-state index in [-0.39, 0.29) is 0 Å². The van der Waals surface area contributed by atoms with Crippen LogP contribution in [-0.4, -0.2) is 20.4 Å². The van der Waals surface area contributed by atoms with Gasteiger partial charge in [-0.05, 0) is 48.4 Å². The number of nitrogens with zero attached hydrogens (tertiary/aromatic N) is 2. The van der Waals surface area contributed by atoms with E-state index in [4.69, 9.17) is 5.73 Å². The molecule has 0 atom stereocenters. The largest absolute Gasteiger partial charge is 0.366 e. The van der Waals surface area contributed by atoms with Crippen LogP contribution in [-0.2, 0) is 6.42 Å². The smallest absolute Gasteiger partial charge is 0.248 e. The Morgan fingerprint density at radius 1 is 1.26 bits per heavy atom. The van der Waals surface area contributed by atoms with E-state index >= 15 is 0 Å². The highest BCUT2D eigenvalue weighted by Gasteiger charge is 2.09. The van der Waals surface area contributed by atoms with Gasteiger partial charge in [-0.1, -0.05) is 6.92 Å². The summed E-state index contributed by atoms with van der Waals surface area (Å²) < 4.78 is 2.02. The average molecular weight is 304 g/mol. The number of nitrogens with two attached hydrogens (primary N) is 1. The van der Waals surface area contributed by atoms with E-state index in [1.807, 2.05) is 10.6 Å². The van der Waals surface area contributed by atoms with Crippen LogP contribution in [0.5, 0.6) is 0 Å². The number of aromatic nitrogens is 3. The SMILES string of the molecule is CCc1c[nH]c2ccc(-n3cnc4cc(C(N)=O)ccc43)cc12. The third kappa shape index (κ3) is 2.09. The van der Waals surface area contributed by atoms with Gasteiger partial charge in [0.2, 0.25) is 5.91 Å². The number of carbonyl (C=O) groups is 1. The Morgan fingerprint density at radius 2 is 2.13 bits per heavy atom. The zero-order chi connectivity index (χ0) is 16.0. The molecule has 0 saturated carbocycles. The van der Waals surface area contributed by atoms with Crippen molar-refractivity contribution in [3.8, 4) is 5.69 Å². The number of hydrogen-bond donors (Lipinski definition) is 2. The lowest BCUT2D eigenvalue weighted by Gasteiger charge is -2.06. The topological polar surface area (TPSA) is 76.7 Å². The number of aryl methyl sites for hydroxylation is 1. The van der Waals surface area contributed by atoms with Crippen LogP contribution < -0.4 is 5.73 Å². The lowest BCUT2D eigenvalue weighted by atomic mass is 10.1. The fraction of sp³-hybridized carbons (Fsp3) is 0.111. The first-order valence-electron chi connectivity index (χ1n) is 7.54. The lowest BCUT2D eigenvalue weighted by Crippen LogP contribution is -2.10. The molecule has 3 N–H and O–H groups in total. The average Bonchev–Trinajstić information content (AvgIpc) is 3.17. The second kappa shape index (κ2) is 4.98. The minimum absolute atomic E-state index is 0.442. The molecule has 5 heteroatoms. The van der Waals surface area contributed by atoms with Crippen molar-refractivity contribution in [3.63, 3.8) is 0 Å². The van der Waals surface area contributed by atoms with Crippen molar-refractivity contribution in [2.75, 3.05) is 0 Å². The number of amides is 1. The van der Waals surface area contributed by atoms with Gasteiger partial charge in [-0.25, -0.2) is 4.98 Å². The van der Waals surface area contributed by atoms with Crippen LogP contribution in [0.1, 0.15) is 22.8 Å². The number of hydrogen-bond acceptors (Lipinski definition) is 2. The molecule has 0 radical (unpaired) electrons. The van der Waals surface area contributed by atoms with Gasteiger partial charge in [-0.2, -0.15) is 0 Å². The molecule has 0 saturated heterocycles. The maximum Gasteiger partial charge on any atom is 0.248 e. The maximum absolute atomic E-state index is 11.3. The van der Waals surface area contributed by atoms with Gasteiger partial charge in [-0.3, -0.25) is 9.36 Å². The lowest BCUT2D eigenvalue weighted by molar-refractivity contribution is 0.100. The van der Waals surface area contributed by atoms with Crippen molar-refractivity contribution in [2.24, 2.45) is 5.73 Å². The van der Waals surface area contributed by atoms with Gasteiger partial charge in [0.15, 0.2) is 0 Å². The summed E-state index contributed by atoms with van der Waals surface area (Å²) >= 11 is 0. The van der Waals surface area contributed by atoms with Gasteiger partial charge in [-0.15, -0.1) is 0 Å². The molecule has 0 aliphatic carbocycles. The van der Waals surface area contributed by atoms with Crippen molar-refractivity contribution in [2.45, 2.75) is 13.3 Å². The molecule has 2 aromatic carbocycles. The summed E-state index contributed by atoms with van der Waals surface area (Å²) in [6.07, 6.45) is 4.81. The highest BCUT2D eigenvalue weighted by molar-refractivity contribution is 5.96. The minimum atomic E-state index is -0.442. The Morgan fingerprint density at radius 3 is 2.91 bits per heavy atom. The second-order valence-corrected chi connectivity index (χ2v) is 5.58. The summed E-state index contributed by atoms with van der Waals surface area (Å²) in [6, 6.07) is 11.6. The van der Waals surface area contributed by atoms with Crippen LogP contribution >= 0.6 is 0 Å². The molecule has 4 rings (SSSR count). The molecule has 0 aliphatic rings. The quantitative estimate of drug-likeness (QED) is 0.610. The number of benzene rings is 2. The van der Waals surface area contributed by atoms with Crippen LogP contribution in [0.15, 0.2) is 48.9 Å². The van der Waals surface area contributed by atoms with Crippen molar-refractivity contribution in [1.82, 2.24) is 14.5 Å². The Hall–Kier alpha value is -3.08. The first-order valence-corrected chi connectivity index (χ1v) is 7.54. The van der Waals surface area contributed by atoms with Gasteiger partial charge in [0.05, 0.1) is 11.0 Å². The first kappa shape index (κ1) is 13.6. The van der Waals surface area contributed by atoms with Gasteiger partial charge < -0.3 is 10.7 Å². The van der Waals surface area contributed by atoms with E-state index < -0.39 is 5.91 Å². The molecule has 114 valence electrons. The van der Waals surface area contributed by atoms with Crippen molar-refractivity contribution in [1.29, 1.82) is 0 Å². The number of H-pyrrole nitrogens is 1. The van der Waals surface area contributed by atoms with Gasteiger partial charge in [0.1, 0.15) is 6.33 Å².